The predicted octanol–water partition coefficient (Wildman–Crippen LogP) is 9.02. The first-order valence-corrected chi connectivity index (χ1v) is 15.9. The van der Waals surface area contributed by atoms with Gasteiger partial charge in [0.15, 0.2) is 0 Å². The number of nitrogens with one attached hydrogen (secondary N) is 1. The van der Waals surface area contributed by atoms with Crippen LogP contribution < -0.4 is 5.32 Å². The van der Waals surface area contributed by atoms with E-state index in [9.17, 15) is 4.79 Å². The summed E-state index contributed by atoms with van der Waals surface area (Å²) < 4.78 is 9.91. The summed E-state index contributed by atoms with van der Waals surface area (Å²) in [5.41, 5.74) is 2.25. The molecule has 8 atom stereocenters. The molecule has 4 aliphatic carbocycles. The third-order valence-electron chi connectivity index (χ3n) is 10.8. The number of halogens is 3. The zero-order valence-electron chi connectivity index (χ0n) is 23.3. The van der Waals surface area contributed by atoms with E-state index in [1.54, 1.807) is 5.57 Å². The molecule has 7 heteroatoms. The van der Waals surface area contributed by atoms with E-state index < -0.39 is 9.89 Å². The van der Waals surface area contributed by atoms with Crippen LogP contribution in [0.1, 0.15) is 105 Å². The normalized spacial score (nSPS) is 38.1. The topological polar surface area (TPSA) is 47.6 Å². The molecule has 212 valence electrons. The number of hydrogen-bond donors (Lipinski definition) is 1. The van der Waals surface area contributed by atoms with Crippen LogP contribution >= 0.6 is 34.8 Å². The third-order valence-corrected chi connectivity index (χ3v) is 11.1. The molecule has 0 radical (unpaired) electrons. The molecule has 1 N–H and O–H groups in total. The summed E-state index contributed by atoms with van der Waals surface area (Å²) in [7, 11) is 0. The van der Waals surface area contributed by atoms with Gasteiger partial charge in [-0.1, -0.05) is 86.5 Å². The monoisotopic (exact) mass is 575 g/mol. The zero-order valence-corrected chi connectivity index (χ0v) is 25.6. The molecule has 4 aliphatic rings. The summed E-state index contributed by atoms with van der Waals surface area (Å²) in [6, 6.07) is 0.0321. The lowest BCUT2D eigenvalue weighted by atomic mass is 9.47. The molecule has 4 rings (SSSR count). The maximum Gasteiger partial charge on any atom is 0.407 e. The molecule has 0 aromatic carbocycles. The number of rotatable bonds is 9. The second-order valence-electron chi connectivity index (χ2n) is 12.9. The van der Waals surface area contributed by atoms with Crippen molar-refractivity contribution in [1.82, 2.24) is 5.32 Å². The number of allylic oxidation sites excluding steroid dienone is 1. The van der Waals surface area contributed by atoms with Gasteiger partial charge in [-0.05, 0) is 99.2 Å². The quantitative estimate of drug-likeness (QED) is 0.169. The first kappa shape index (κ1) is 29.8. The zero-order chi connectivity index (χ0) is 26.8. The summed E-state index contributed by atoms with van der Waals surface area (Å²) in [4.78, 5) is 12.4. The summed E-state index contributed by atoms with van der Waals surface area (Å²) in [6.45, 7) is 10.1. The van der Waals surface area contributed by atoms with Crippen molar-refractivity contribution in [2.24, 2.45) is 34.5 Å². The van der Waals surface area contributed by atoms with Gasteiger partial charge >= 0.3 is 6.09 Å². The number of unbranched alkanes of at least 4 members (excludes halogenated alkanes) is 3. The van der Waals surface area contributed by atoms with E-state index in [2.05, 4.69) is 39.1 Å². The maximum absolute atomic E-state index is 12.4. The minimum absolute atomic E-state index is 0.0321. The van der Waals surface area contributed by atoms with Crippen LogP contribution in [-0.2, 0) is 9.47 Å². The van der Waals surface area contributed by atoms with E-state index in [4.69, 9.17) is 44.3 Å². The van der Waals surface area contributed by atoms with Crippen LogP contribution in [0, 0.1) is 34.5 Å². The Morgan fingerprint density at radius 2 is 1.89 bits per heavy atom. The number of ether oxygens (including phenoxy) is 2. The molecule has 0 aromatic heterocycles. The van der Waals surface area contributed by atoms with Gasteiger partial charge in [0.25, 0.3) is 0 Å². The highest BCUT2D eigenvalue weighted by molar-refractivity contribution is 6.67. The van der Waals surface area contributed by atoms with Crippen LogP contribution in [0.15, 0.2) is 11.6 Å². The van der Waals surface area contributed by atoms with Gasteiger partial charge in [-0.15, -0.1) is 0 Å². The number of hydrogen-bond acceptors (Lipinski definition) is 3. The van der Waals surface area contributed by atoms with Crippen molar-refractivity contribution < 1.29 is 14.3 Å². The van der Waals surface area contributed by atoms with Crippen molar-refractivity contribution in [3.8, 4) is 0 Å². The second-order valence-corrected chi connectivity index (χ2v) is 15.4. The second kappa shape index (κ2) is 12.1. The number of amides is 1. The molecular weight excluding hydrogens is 529 g/mol. The van der Waals surface area contributed by atoms with Crippen molar-refractivity contribution in [2.45, 2.75) is 121 Å². The molecule has 3 saturated carbocycles. The van der Waals surface area contributed by atoms with Crippen molar-refractivity contribution >= 4 is 40.9 Å². The van der Waals surface area contributed by atoms with Crippen LogP contribution in [0.5, 0.6) is 0 Å². The van der Waals surface area contributed by atoms with Gasteiger partial charge in [-0.3, -0.25) is 0 Å². The van der Waals surface area contributed by atoms with Gasteiger partial charge in [0.1, 0.15) is 6.61 Å². The molecule has 1 amide bonds. The molecule has 4 nitrogen and oxygen atoms in total. The van der Waals surface area contributed by atoms with E-state index in [0.717, 1.165) is 31.3 Å². The summed E-state index contributed by atoms with van der Waals surface area (Å²) >= 11 is 17.2. The highest BCUT2D eigenvalue weighted by Crippen LogP contribution is 2.66. The van der Waals surface area contributed by atoms with Crippen LogP contribution in [0.25, 0.3) is 0 Å². The third kappa shape index (κ3) is 6.60. The lowest BCUT2D eigenvalue weighted by Gasteiger charge is -2.58. The Kier molecular flexibility index (Phi) is 9.79. The van der Waals surface area contributed by atoms with E-state index in [1.165, 1.54) is 64.2 Å². The summed E-state index contributed by atoms with van der Waals surface area (Å²) in [6.07, 6.45) is 17.3. The molecule has 0 aromatic rings. The van der Waals surface area contributed by atoms with Crippen LogP contribution in [0.2, 0.25) is 0 Å². The molecule has 3 fully saturated rings. The Bertz CT molecular complexity index is 829. The fraction of sp³-hybridized carbons (Fsp3) is 0.900. The molecule has 0 bridgehead atoms. The Morgan fingerprint density at radius 1 is 1.11 bits per heavy atom. The van der Waals surface area contributed by atoms with Crippen LogP contribution in [-0.4, -0.2) is 35.2 Å². The standard InChI is InChI=1S/C30H48Cl3NO3/c1-5-6-7-8-17-36-22-13-15-28(3)21(18-22)9-10-23-25-12-11-24(29(25,4)16-14-26(23)28)20(2)34-27(35)37-19-30(31,32)33/h9,20,22-26H,5-8,10-19H2,1-4H3,(H,34,35)/t20-,22-,23?,24+,25?,26?,28-,29+/m0/s1. The van der Waals surface area contributed by atoms with Crippen LogP contribution in [0.3, 0.4) is 0 Å². The summed E-state index contributed by atoms with van der Waals surface area (Å²) in [5.74, 6) is 2.66. The number of carbonyl (C=O) groups excluding carboxylic acids is 1. The Morgan fingerprint density at radius 3 is 2.62 bits per heavy atom. The first-order chi connectivity index (χ1) is 17.5. The average molecular weight is 577 g/mol. The fourth-order valence-electron chi connectivity index (χ4n) is 8.89. The van der Waals surface area contributed by atoms with E-state index >= 15 is 0 Å². The van der Waals surface area contributed by atoms with Crippen molar-refractivity contribution in [1.29, 1.82) is 0 Å². The molecular formula is C30H48Cl3NO3. The van der Waals surface area contributed by atoms with Gasteiger partial charge in [-0.25, -0.2) is 4.79 Å². The predicted molar refractivity (Wildman–Crippen MR) is 153 cm³/mol. The number of alkyl halides is 3. The average Bonchev–Trinajstić information content (AvgIpc) is 3.19. The molecule has 0 spiro atoms. The number of alkyl carbamates (subject to hydrolysis) is 1. The van der Waals surface area contributed by atoms with E-state index in [1.807, 2.05) is 0 Å². The lowest BCUT2D eigenvalue weighted by Crippen LogP contribution is -2.52. The molecule has 37 heavy (non-hydrogen) atoms. The highest BCUT2D eigenvalue weighted by atomic mass is 35.6. The van der Waals surface area contributed by atoms with Crippen molar-refractivity contribution in [2.75, 3.05) is 13.2 Å². The lowest BCUT2D eigenvalue weighted by molar-refractivity contribution is -0.0609. The van der Waals surface area contributed by atoms with Gasteiger partial charge in [-0.2, -0.15) is 0 Å². The van der Waals surface area contributed by atoms with Crippen molar-refractivity contribution in [3.05, 3.63) is 11.6 Å². The minimum Gasteiger partial charge on any atom is -0.445 e. The number of carbonyl (C=O) groups is 1. The highest BCUT2D eigenvalue weighted by Gasteiger charge is 2.59. The van der Waals surface area contributed by atoms with Gasteiger partial charge in [0.2, 0.25) is 3.79 Å². The Labute approximate surface area is 239 Å². The smallest absolute Gasteiger partial charge is 0.407 e. The Hall–Kier alpha value is -0.160. The minimum atomic E-state index is -1.59. The first-order valence-electron chi connectivity index (χ1n) is 14.8. The molecule has 0 saturated heterocycles. The van der Waals surface area contributed by atoms with Gasteiger partial charge in [0, 0.05) is 12.6 Å². The fourth-order valence-corrected chi connectivity index (χ4v) is 9.05. The maximum atomic E-state index is 12.4. The molecule has 0 heterocycles. The molecule has 0 aliphatic heterocycles. The summed E-state index contributed by atoms with van der Waals surface area (Å²) in [5, 5.41) is 3.05. The van der Waals surface area contributed by atoms with E-state index in [0.29, 0.717) is 23.4 Å². The Balaban J connectivity index is 1.36. The van der Waals surface area contributed by atoms with Crippen molar-refractivity contribution in [3.63, 3.8) is 0 Å². The van der Waals surface area contributed by atoms with E-state index in [-0.39, 0.29) is 18.1 Å². The largest absolute Gasteiger partial charge is 0.445 e. The van der Waals surface area contributed by atoms with Crippen LogP contribution in [0.4, 0.5) is 4.79 Å². The van der Waals surface area contributed by atoms with Gasteiger partial charge < -0.3 is 14.8 Å². The molecule has 3 unspecified atom stereocenters. The van der Waals surface area contributed by atoms with Gasteiger partial charge in [0.05, 0.1) is 6.10 Å². The SMILES string of the molecule is CCCCCCO[C@H]1CC[C@@]2(C)C(=CCC3C2CC[C@@]2(C)C3CC[C@@H]2[C@H](C)NC(=O)OCC(Cl)(Cl)Cl)C1. The number of fused-ring (bicyclic) bond motifs is 5.